The molecule has 19 heavy (non-hydrogen) atoms. The number of nitrogens with zero attached hydrogens (tertiary/aromatic N) is 1. The molecule has 1 aromatic rings. The summed E-state index contributed by atoms with van der Waals surface area (Å²) < 4.78 is 5.73. The third-order valence-electron chi connectivity index (χ3n) is 2.76. The molecule has 0 unspecified atom stereocenters. The molecule has 0 bridgehead atoms. The molecule has 1 rings (SSSR count). The van der Waals surface area contributed by atoms with E-state index in [9.17, 15) is 0 Å². The Morgan fingerprint density at radius 2 is 2.26 bits per heavy atom. The molecule has 0 aliphatic heterocycles. The molecule has 0 fully saturated rings. The van der Waals surface area contributed by atoms with E-state index in [0.717, 1.165) is 31.8 Å². The second-order valence-electron chi connectivity index (χ2n) is 4.61. The third kappa shape index (κ3) is 6.85. The van der Waals surface area contributed by atoms with E-state index in [4.69, 9.17) is 11.2 Å². The molecule has 0 atom stereocenters. The van der Waals surface area contributed by atoms with Crippen LogP contribution in [0.25, 0.3) is 0 Å². The number of hydrogen-bond acceptors (Lipinski definition) is 3. The molecule has 0 amide bonds. The summed E-state index contributed by atoms with van der Waals surface area (Å²) in [6.45, 7) is 6.25. The van der Waals surface area contributed by atoms with Gasteiger partial charge in [-0.15, -0.1) is 6.42 Å². The number of rotatable bonds is 9. The maximum atomic E-state index is 5.73. The van der Waals surface area contributed by atoms with Gasteiger partial charge in [-0.25, -0.2) is 0 Å². The van der Waals surface area contributed by atoms with Crippen molar-refractivity contribution in [2.75, 3.05) is 33.3 Å². The SMILES string of the molecule is C#CCN(C)CCOc1cccc(CNCCC)c1. The van der Waals surface area contributed by atoms with Crippen molar-refractivity contribution in [1.82, 2.24) is 10.2 Å². The molecular formula is C16H24N2O. The smallest absolute Gasteiger partial charge is 0.119 e. The molecule has 104 valence electrons. The van der Waals surface area contributed by atoms with Crippen LogP contribution in [0.5, 0.6) is 5.75 Å². The highest BCUT2D eigenvalue weighted by Gasteiger charge is 1.99. The van der Waals surface area contributed by atoms with Gasteiger partial charge in [-0.2, -0.15) is 0 Å². The van der Waals surface area contributed by atoms with E-state index in [2.05, 4.69) is 35.2 Å². The summed E-state index contributed by atoms with van der Waals surface area (Å²) in [6, 6.07) is 8.22. The van der Waals surface area contributed by atoms with Crippen molar-refractivity contribution in [1.29, 1.82) is 0 Å². The summed E-state index contributed by atoms with van der Waals surface area (Å²) in [6.07, 6.45) is 6.40. The van der Waals surface area contributed by atoms with Crippen molar-refractivity contribution in [3.8, 4) is 18.1 Å². The third-order valence-corrected chi connectivity index (χ3v) is 2.76. The van der Waals surface area contributed by atoms with Crippen molar-refractivity contribution in [3.05, 3.63) is 29.8 Å². The second kappa shape index (κ2) is 9.43. The van der Waals surface area contributed by atoms with Crippen LogP contribution in [0.1, 0.15) is 18.9 Å². The van der Waals surface area contributed by atoms with E-state index in [0.29, 0.717) is 13.2 Å². The number of benzene rings is 1. The van der Waals surface area contributed by atoms with E-state index >= 15 is 0 Å². The molecule has 3 nitrogen and oxygen atoms in total. The minimum atomic E-state index is 0.657. The molecule has 0 spiro atoms. The fourth-order valence-corrected chi connectivity index (χ4v) is 1.71. The lowest BCUT2D eigenvalue weighted by molar-refractivity contribution is 0.251. The first-order valence-corrected chi connectivity index (χ1v) is 6.80. The van der Waals surface area contributed by atoms with Gasteiger partial charge in [0.15, 0.2) is 0 Å². The zero-order valence-electron chi connectivity index (χ0n) is 12.0. The zero-order valence-corrected chi connectivity index (χ0v) is 12.0. The lowest BCUT2D eigenvalue weighted by Gasteiger charge is -2.14. The van der Waals surface area contributed by atoms with Crippen LogP contribution in [0, 0.1) is 12.3 Å². The molecule has 0 saturated heterocycles. The quantitative estimate of drug-likeness (QED) is 0.544. The van der Waals surface area contributed by atoms with E-state index in [1.54, 1.807) is 0 Å². The predicted octanol–water partition coefficient (Wildman–Crippen LogP) is 2.13. The van der Waals surface area contributed by atoms with Gasteiger partial charge < -0.3 is 10.1 Å². The second-order valence-corrected chi connectivity index (χ2v) is 4.61. The van der Waals surface area contributed by atoms with Gasteiger partial charge in [0.2, 0.25) is 0 Å². The summed E-state index contributed by atoms with van der Waals surface area (Å²) in [4.78, 5) is 2.06. The number of terminal acetylenes is 1. The average molecular weight is 260 g/mol. The number of ether oxygens (including phenoxy) is 1. The first-order chi connectivity index (χ1) is 9.26. The number of hydrogen-bond donors (Lipinski definition) is 1. The van der Waals surface area contributed by atoms with Gasteiger partial charge in [0.1, 0.15) is 12.4 Å². The Bertz CT molecular complexity index is 398. The number of likely N-dealkylation sites (N-methyl/N-ethyl adjacent to an activating group) is 1. The van der Waals surface area contributed by atoms with Crippen LogP contribution >= 0.6 is 0 Å². The van der Waals surface area contributed by atoms with E-state index in [1.807, 2.05) is 19.2 Å². The predicted molar refractivity (Wildman–Crippen MR) is 80.3 cm³/mol. The molecular weight excluding hydrogens is 236 g/mol. The first kappa shape index (κ1) is 15.6. The van der Waals surface area contributed by atoms with Gasteiger partial charge in [-0.05, 0) is 37.7 Å². The van der Waals surface area contributed by atoms with Crippen LogP contribution in [0.4, 0.5) is 0 Å². The molecule has 0 saturated carbocycles. The Balaban J connectivity index is 2.33. The van der Waals surface area contributed by atoms with Crippen LogP contribution in [-0.4, -0.2) is 38.2 Å². The number of nitrogens with one attached hydrogen (secondary N) is 1. The van der Waals surface area contributed by atoms with Crippen molar-refractivity contribution in [3.63, 3.8) is 0 Å². The monoisotopic (exact) mass is 260 g/mol. The van der Waals surface area contributed by atoms with Crippen molar-refractivity contribution < 1.29 is 4.74 Å². The van der Waals surface area contributed by atoms with Crippen LogP contribution < -0.4 is 10.1 Å². The average Bonchev–Trinajstić information content (AvgIpc) is 2.40. The normalized spacial score (nSPS) is 10.4. The Hall–Kier alpha value is -1.50. The van der Waals surface area contributed by atoms with Crippen LogP contribution in [0.2, 0.25) is 0 Å². The molecule has 1 aromatic carbocycles. The van der Waals surface area contributed by atoms with Gasteiger partial charge in [-0.3, -0.25) is 4.90 Å². The van der Waals surface area contributed by atoms with Gasteiger partial charge in [0, 0.05) is 13.1 Å². The summed E-state index contributed by atoms with van der Waals surface area (Å²) in [5.41, 5.74) is 1.25. The highest BCUT2D eigenvalue weighted by atomic mass is 16.5. The summed E-state index contributed by atoms with van der Waals surface area (Å²) >= 11 is 0. The van der Waals surface area contributed by atoms with Crippen LogP contribution in [0.15, 0.2) is 24.3 Å². The molecule has 1 N–H and O–H groups in total. The summed E-state index contributed by atoms with van der Waals surface area (Å²) in [7, 11) is 1.99. The molecule has 0 aliphatic rings. The van der Waals surface area contributed by atoms with Gasteiger partial charge in [0.05, 0.1) is 6.54 Å². The maximum Gasteiger partial charge on any atom is 0.119 e. The minimum absolute atomic E-state index is 0.657. The van der Waals surface area contributed by atoms with Gasteiger partial charge in [-0.1, -0.05) is 25.0 Å². The molecule has 0 aliphatic carbocycles. The van der Waals surface area contributed by atoms with E-state index in [1.165, 1.54) is 5.56 Å². The Kier molecular flexibility index (Phi) is 7.72. The summed E-state index contributed by atoms with van der Waals surface area (Å²) in [5.74, 6) is 3.54. The van der Waals surface area contributed by atoms with Crippen LogP contribution in [0.3, 0.4) is 0 Å². The zero-order chi connectivity index (χ0) is 13.9. The standard InChI is InChI=1S/C16H24N2O/c1-4-9-17-14-15-7-6-8-16(13-15)19-12-11-18(3)10-5-2/h2,6-8,13,17H,4,9-12,14H2,1,3H3. The van der Waals surface area contributed by atoms with E-state index < -0.39 is 0 Å². The van der Waals surface area contributed by atoms with Crippen LogP contribution in [-0.2, 0) is 6.54 Å². The lowest BCUT2D eigenvalue weighted by atomic mass is 10.2. The van der Waals surface area contributed by atoms with Crippen molar-refractivity contribution in [2.24, 2.45) is 0 Å². The van der Waals surface area contributed by atoms with Gasteiger partial charge in [0.25, 0.3) is 0 Å². The van der Waals surface area contributed by atoms with Gasteiger partial charge >= 0.3 is 0 Å². The molecule has 3 heteroatoms. The highest BCUT2D eigenvalue weighted by molar-refractivity contribution is 5.28. The fourth-order valence-electron chi connectivity index (χ4n) is 1.71. The van der Waals surface area contributed by atoms with Crippen molar-refractivity contribution >= 4 is 0 Å². The Morgan fingerprint density at radius 1 is 1.42 bits per heavy atom. The fraction of sp³-hybridized carbons (Fsp3) is 0.500. The van der Waals surface area contributed by atoms with Crippen molar-refractivity contribution in [2.45, 2.75) is 19.9 Å². The maximum absolute atomic E-state index is 5.73. The Labute approximate surface area is 117 Å². The topological polar surface area (TPSA) is 24.5 Å². The minimum Gasteiger partial charge on any atom is -0.492 e. The first-order valence-electron chi connectivity index (χ1n) is 6.80. The molecule has 0 heterocycles. The summed E-state index contributed by atoms with van der Waals surface area (Å²) in [5, 5.41) is 3.38. The largest absolute Gasteiger partial charge is 0.492 e. The van der Waals surface area contributed by atoms with E-state index in [-0.39, 0.29) is 0 Å². The molecule has 0 aromatic heterocycles. The lowest BCUT2D eigenvalue weighted by Crippen LogP contribution is -2.24. The Morgan fingerprint density at radius 3 is 3.00 bits per heavy atom. The highest BCUT2D eigenvalue weighted by Crippen LogP contribution is 2.13. The molecule has 0 radical (unpaired) electrons.